The van der Waals surface area contributed by atoms with Crippen LogP contribution in [0.2, 0.25) is 0 Å². The van der Waals surface area contributed by atoms with Crippen molar-refractivity contribution in [1.29, 1.82) is 0 Å². The van der Waals surface area contributed by atoms with Crippen LogP contribution >= 0.6 is 22.7 Å². The van der Waals surface area contributed by atoms with Gasteiger partial charge in [-0.05, 0) is 38.1 Å². The lowest BCUT2D eigenvalue weighted by Gasteiger charge is -2.07. The molecule has 7 nitrogen and oxygen atoms in total. The summed E-state index contributed by atoms with van der Waals surface area (Å²) in [5.74, 6) is 0.348. The zero-order valence-electron chi connectivity index (χ0n) is 14.7. The molecule has 27 heavy (non-hydrogen) atoms. The van der Waals surface area contributed by atoms with E-state index in [1.54, 1.807) is 12.1 Å². The van der Waals surface area contributed by atoms with Gasteiger partial charge in [0.05, 0.1) is 16.2 Å². The van der Waals surface area contributed by atoms with Gasteiger partial charge in [-0.1, -0.05) is 28.7 Å². The molecule has 0 N–H and O–H groups in total. The van der Waals surface area contributed by atoms with Crippen LogP contribution in [0, 0.1) is 10.1 Å². The maximum Gasteiger partial charge on any atom is 0.324 e. The summed E-state index contributed by atoms with van der Waals surface area (Å²) in [5, 5.41) is 10.8. The van der Waals surface area contributed by atoms with Crippen molar-refractivity contribution in [2.75, 3.05) is 6.61 Å². The average Bonchev–Trinajstić information content (AvgIpc) is 3.25. The lowest BCUT2D eigenvalue weighted by molar-refractivity contribution is -0.380. The Morgan fingerprint density at radius 2 is 2.11 bits per heavy atom. The first-order chi connectivity index (χ1) is 13.0. The summed E-state index contributed by atoms with van der Waals surface area (Å²) >= 11 is 2.43. The second-order valence-corrected chi connectivity index (χ2v) is 7.48. The van der Waals surface area contributed by atoms with Gasteiger partial charge in [0.25, 0.3) is 5.91 Å². The van der Waals surface area contributed by atoms with Crippen molar-refractivity contribution in [3.63, 3.8) is 0 Å². The number of aromatic nitrogens is 1. The van der Waals surface area contributed by atoms with Gasteiger partial charge in [-0.2, -0.15) is 4.99 Å². The van der Waals surface area contributed by atoms with Crippen molar-refractivity contribution in [2.24, 2.45) is 4.99 Å². The van der Waals surface area contributed by atoms with Crippen LogP contribution in [-0.2, 0) is 11.3 Å². The molecule has 0 atom stereocenters. The Labute approximate surface area is 163 Å². The first-order valence-corrected chi connectivity index (χ1v) is 9.93. The molecule has 2 aromatic heterocycles. The van der Waals surface area contributed by atoms with Crippen molar-refractivity contribution in [1.82, 2.24) is 4.57 Å². The van der Waals surface area contributed by atoms with Crippen LogP contribution in [0.1, 0.15) is 18.7 Å². The van der Waals surface area contributed by atoms with E-state index in [0.29, 0.717) is 22.8 Å². The third-order valence-electron chi connectivity index (χ3n) is 3.67. The van der Waals surface area contributed by atoms with E-state index in [0.717, 1.165) is 27.3 Å². The number of carbonyl (C=O) groups is 1. The molecule has 9 heteroatoms. The highest BCUT2D eigenvalue weighted by atomic mass is 32.1. The molecule has 0 spiro atoms. The Morgan fingerprint density at radius 1 is 1.30 bits per heavy atom. The molecule has 0 aliphatic carbocycles. The third-order valence-corrected chi connectivity index (χ3v) is 5.71. The number of hydrogen-bond acceptors (Lipinski definition) is 6. The number of benzene rings is 1. The molecule has 1 aromatic carbocycles. The molecular weight excluding hydrogens is 386 g/mol. The third kappa shape index (κ3) is 4.15. The first kappa shape index (κ1) is 19.0. The second kappa shape index (κ2) is 8.28. The predicted molar refractivity (Wildman–Crippen MR) is 107 cm³/mol. The zero-order valence-corrected chi connectivity index (χ0v) is 16.4. The molecule has 2 heterocycles. The lowest BCUT2D eigenvalue weighted by atomic mass is 10.3. The number of thiazole rings is 1. The Hall–Kier alpha value is -2.78. The van der Waals surface area contributed by atoms with Gasteiger partial charge in [0, 0.05) is 23.6 Å². The quantitative estimate of drug-likeness (QED) is 0.350. The normalized spacial score (nSPS) is 12.1. The molecule has 3 rings (SSSR count). The van der Waals surface area contributed by atoms with Crippen LogP contribution < -0.4 is 9.54 Å². The summed E-state index contributed by atoms with van der Waals surface area (Å²) in [4.78, 5) is 27.9. The molecule has 0 unspecified atom stereocenters. The molecule has 3 aromatic rings. The van der Waals surface area contributed by atoms with Gasteiger partial charge in [-0.25, -0.2) is 0 Å². The standard InChI is InChI=1S/C18H17N3O4S2/c1-3-20-17-13(25-4-2)6-5-7-14(17)27-18(20)19-15(22)10-8-12-9-11-16(26-12)21(23)24/h5-11H,3-4H2,1-2H3. The van der Waals surface area contributed by atoms with Crippen LogP contribution in [0.25, 0.3) is 16.3 Å². The topological polar surface area (TPSA) is 86.7 Å². The summed E-state index contributed by atoms with van der Waals surface area (Å²) in [5.41, 5.74) is 0.927. The molecule has 0 saturated carbocycles. The minimum Gasteiger partial charge on any atom is -0.492 e. The van der Waals surface area contributed by atoms with Gasteiger partial charge < -0.3 is 9.30 Å². The molecular formula is C18H17N3O4S2. The van der Waals surface area contributed by atoms with E-state index in [4.69, 9.17) is 4.74 Å². The molecule has 0 fully saturated rings. The predicted octanol–water partition coefficient (Wildman–Crippen LogP) is 4.23. The second-order valence-electron chi connectivity index (χ2n) is 5.38. The van der Waals surface area contributed by atoms with Gasteiger partial charge in [0.15, 0.2) is 4.80 Å². The molecule has 0 aliphatic heterocycles. The van der Waals surface area contributed by atoms with Gasteiger partial charge >= 0.3 is 5.00 Å². The largest absolute Gasteiger partial charge is 0.492 e. The van der Waals surface area contributed by atoms with E-state index in [-0.39, 0.29) is 5.00 Å². The number of rotatable bonds is 6. The monoisotopic (exact) mass is 403 g/mol. The fourth-order valence-corrected chi connectivity index (χ4v) is 4.40. The van der Waals surface area contributed by atoms with Crippen molar-refractivity contribution in [3.8, 4) is 5.75 Å². The number of fused-ring (bicyclic) bond motifs is 1. The van der Waals surface area contributed by atoms with E-state index in [2.05, 4.69) is 4.99 Å². The highest BCUT2D eigenvalue weighted by Gasteiger charge is 2.11. The van der Waals surface area contributed by atoms with Crippen LogP contribution in [0.4, 0.5) is 5.00 Å². The van der Waals surface area contributed by atoms with E-state index >= 15 is 0 Å². The van der Waals surface area contributed by atoms with E-state index in [1.807, 2.05) is 36.6 Å². The number of thiophene rings is 1. The van der Waals surface area contributed by atoms with Crippen molar-refractivity contribution >= 4 is 49.9 Å². The van der Waals surface area contributed by atoms with Gasteiger partial charge in [0.1, 0.15) is 11.3 Å². The molecule has 0 bridgehead atoms. The number of para-hydroxylation sites is 1. The van der Waals surface area contributed by atoms with Crippen LogP contribution in [-0.4, -0.2) is 22.0 Å². The maximum atomic E-state index is 12.3. The summed E-state index contributed by atoms with van der Waals surface area (Å²) < 4.78 is 8.64. The molecule has 0 radical (unpaired) electrons. The minimum atomic E-state index is -0.453. The zero-order chi connectivity index (χ0) is 19.4. The summed E-state index contributed by atoms with van der Waals surface area (Å²) in [6.07, 6.45) is 2.86. The van der Waals surface area contributed by atoms with Gasteiger partial charge in [-0.15, -0.1) is 0 Å². The molecule has 140 valence electrons. The average molecular weight is 403 g/mol. The number of carbonyl (C=O) groups excluding carboxylic acids is 1. The Morgan fingerprint density at radius 3 is 2.78 bits per heavy atom. The van der Waals surface area contributed by atoms with Gasteiger partial charge in [0.2, 0.25) is 0 Å². The molecule has 0 saturated heterocycles. The van der Waals surface area contributed by atoms with Gasteiger partial charge in [-0.3, -0.25) is 14.9 Å². The number of ether oxygens (including phenoxy) is 1. The number of aryl methyl sites for hydroxylation is 1. The Bertz CT molecular complexity index is 1090. The van der Waals surface area contributed by atoms with Crippen molar-refractivity contribution in [3.05, 3.63) is 56.2 Å². The first-order valence-electron chi connectivity index (χ1n) is 8.29. The smallest absolute Gasteiger partial charge is 0.324 e. The summed E-state index contributed by atoms with van der Waals surface area (Å²) in [7, 11) is 0. The number of nitro groups is 1. The highest BCUT2D eigenvalue weighted by molar-refractivity contribution is 7.16. The maximum absolute atomic E-state index is 12.3. The summed E-state index contributed by atoms with van der Waals surface area (Å²) in [6, 6.07) is 8.81. The van der Waals surface area contributed by atoms with E-state index in [9.17, 15) is 14.9 Å². The Kier molecular flexibility index (Phi) is 5.82. The van der Waals surface area contributed by atoms with Crippen molar-refractivity contribution < 1.29 is 14.5 Å². The fourth-order valence-electron chi connectivity index (χ4n) is 2.56. The van der Waals surface area contributed by atoms with E-state index < -0.39 is 10.8 Å². The summed E-state index contributed by atoms with van der Waals surface area (Å²) in [6.45, 7) is 5.12. The van der Waals surface area contributed by atoms with Crippen LogP contribution in [0.3, 0.4) is 0 Å². The lowest BCUT2D eigenvalue weighted by Crippen LogP contribution is -2.15. The number of nitrogens with zero attached hydrogens (tertiary/aromatic N) is 3. The molecule has 1 amide bonds. The number of amides is 1. The van der Waals surface area contributed by atoms with Crippen LogP contribution in [0.5, 0.6) is 5.75 Å². The fraction of sp³-hybridized carbons (Fsp3) is 0.222. The number of hydrogen-bond donors (Lipinski definition) is 0. The van der Waals surface area contributed by atoms with E-state index in [1.165, 1.54) is 23.5 Å². The van der Waals surface area contributed by atoms with Crippen molar-refractivity contribution in [2.45, 2.75) is 20.4 Å². The highest BCUT2D eigenvalue weighted by Crippen LogP contribution is 2.28. The molecule has 0 aliphatic rings. The SMILES string of the molecule is CCOc1cccc2sc(=NC(=O)C=Cc3ccc([N+](=O)[O-])s3)n(CC)c12. The van der Waals surface area contributed by atoms with Crippen LogP contribution in [0.15, 0.2) is 41.4 Å². The minimum absolute atomic E-state index is 0.0378. The Balaban J connectivity index is 1.94.